The molecular formula is C18H21N5O3. The normalized spacial score (nSPS) is 10.6. The van der Waals surface area contributed by atoms with Crippen LogP contribution in [0.4, 0.5) is 0 Å². The highest BCUT2D eigenvalue weighted by atomic mass is 16.5. The molecule has 8 heteroatoms. The third kappa shape index (κ3) is 4.02. The summed E-state index contributed by atoms with van der Waals surface area (Å²) in [6, 6.07) is 8.91. The van der Waals surface area contributed by atoms with Crippen LogP contribution >= 0.6 is 0 Å². The molecule has 0 radical (unpaired) electrons. The Morgan fingerprint density at radius 3 is 2.58 bits per heavy atom. The summed E-state index contributed by atoms with van der Waals surface area (Å²) < 4.78 is 14.1. The maximum atomic E-state index is 12.2. The van der Waals surface area contributed by atoms with Crippen molar-refractivity contribution in [2.45, 2.75) is 20.2 Å². The van der Waals surface area contributed by atoms with E-state index in [4.69, 9.17) is 9.47 Å². The smallest absolute Gasteiger partial charge is 0.272 e. The molecule has 0 fully saturated rings. The van der Waals surface area contributed by atoms with Gasteiger partial charge in [0.1, 0.15) is 17.2 Å². The largest absolute Gasteiger partial charge is 0.497 e. The number of nitrogens with zero attached hydrogens (tertiary/aromatic N) is 4. The number of aryl methyl sites for hydroxylation is 1. The molecule has 0 saturated heterocycles. The number of rotatable bonds is 7. The van der Waals surface area contributed by atoms with Crippen LogP contribution in [0, 0.1) is 6.92 Å². The molecular weight excluding hydrogens is 334 g/mol. The van der Waals surface area contributed by atoms with Gasteiger partial charge in [0.2, 0.25) is 0 Å². The van der Waals surface area contributed by atoms with E-state index < -0.39 is 0 Å². The number of aromatic nitrogens is 4. The summed E-state index contributed by atoms with van der Waals surface area (Å²) in [6.07, 6.45) is 3.45. The average Bonchev–Trinajstić information content (AvgIpc) is 3.26. The Morgan fingerprint density at radius 2 is 1.92 bits per heavy atom. The number of amides is 1. The van der Waals surface area contributed by atoms with E-state index >= 15 is 0 Å². The summed E-state index contributed by atoms with van der Waals surface area (Å²) in [7, 11) is 3.48. The van der Waals surface area contributed by atoms with E-state index in [0.717, 1.165) is 17.0 Å². The van der Waals surface area contributed by atoms with Gasteiger partial charge in [-0.25, -0.2) is 4.68 Å². The van der Waals surface area contributed by atoms with E-state index in [-0.39, 0.29) is 12.6 Å². The van der Waals surface area contributed by atoms with Crippen molar-refractivity contribution in [2.24, 2.45) is 7.05 Å². The van der Waals surface area contributed by atoms with Crippen LogP contribution in [-0.2, 0) is 20.3 Å². The molecule has 0 aliphatic carbocycles. The van der Waals surface area contributed by atoms with E-state index in [1.165, 1.54) is 0 Å². The summed E-state index contributed by atoms with van der Waals surface area (Å²) in [5, 5.41) is 11.2. The van der Waals surface area contributed by atoms with Crippen molar-refractivity contribution in [3.63, 3.8) is 0 Å². The van der Waals surface area contributed by atoms with Gasteiger partial charge in [0, 0.05) is 31.0 Å². The van der Waals surface area contributed by atoms with Crippen molar-refractivity contribution in [2.75, 3.05) is 7.11 Å². The quantitative estimate of drug-likeness (QED) is 0.700. The fourth-order valence-corrected chi connectivity index (χ4v) is 2.35. The van der Waals surface area contributed by atoms with Crippen LogP contribution < -0.4 is 14.8 Å². The molecule has 2 heterocycles. The molecule has 1 aromatic carbocycles. The molecule has 1 N–H and O–H groups in total. The molecule has 136 valence electrons. The van der Waals surface area contributed by atoms with Gasteiger partial charge in [0.15, 0.2) is 6.73 Å². The van der Waals surface area contributed by atoms with Crippen LogP contribution in [-0.4, -0.2) is 32.6 Å². The number of hydrogen-bond donors (Lipinski definition) is 1. The molecule has 0 unspecified atom stereocenters. The van der Waals surface area contributed by atoms with Crippen molar-refractivity contribution in [1.29, 1.82) is 0 Å². The SMILES string of the molecule is COc1ccc(OCn2ccc(C(=O)NCc3cnn(C)c3C)n2)cc1. The Bertz CT molecular complexity index is 883. The number of carbonyl (C=O) groups is 1. The second-order valence-electron chi connectivity index (χ2n) is 5.75. The second kappa shape index (κ2) is 7.73. The zero-order valence-electron chi connectivity index (χ0n) is 15.0. The maximum absolute atomic E-state index is 12.2. The van der Waals surface area contributed by atoms with Crippen LogP contribution in [0.5, 0.6) is 11.5 Å². The summed E-state index contributed by atoms with van der Waals surface area (Å²) >= 11 is 0. The molecule has 0 spiro atoms. The molecule has 26 heavy (non-hydrogen) atoms. The van der Waals surface area contributed by atoms with Gasteiger partial charge in [0.05, 0.1) is 13.3 Å². The van der Waals surface area contributed by atoms with Crippen molar-refractivity contribution in [3.8, 4) is 11.5 Å². The summed E-state index contributed by atoms with van der Waals surface area (Å²) in [5.74, 6) is 1.22. The third-order valence-electron chi connectivity index (χ3n) is 4.07. The van der Waals surface area contributed by atoms with E-state index in [1.807, 2.05) is 38.2 Å². The summed E-state index contributed by atoms with van der Waals surface area (Å²) in [4.78, 5) is 12.2. The van der Waals surface area contributed by atoms with Crippen molar-refractivity contribution < 1.29 is 14.3 Å². The minimum Gasteiger partial charge on any atom is -0.497 e. The van der Waals surface area contributed by atoms with Crippen molar-refractivity contribution in [3.05, 3.63) is 59.7 Å². The molecule has 2 aromatic heterocycles. The molecule has 0 aliphatic rings. The lowest BCUT2D eigenvalue weighted by Crippen LogP contribution is -2.24. The van der Waals surface area contributed by atoms with Gasteiger partial charge in [-0.1, -0.05) is 0 Å². The highest BCUT2D eigenvalue weighted by molar-refractivity contribution is 5.92. The number of carbonyl (C=O) groups excluding carboxylic acids is 1. The lowest BCUT2D eigenvalue weighted by Gasteiger charge is -2.07. The third-order valence-corrected chi connectivity index (χ3v) is 4.07. The Hall–Kier alpha value is -3.29. The number of ether oxygens (including phenoxy) is 2. The Labute approximate surface area is 151 Å². The van der Waals surface area contributed by atoms with E-state index in [0.29, 0.717) is 18.0 Å². The highest BCUT2D eigenvalue weighted by Gasteiger charge is 2.11. The molecule has 0 aliphatic heterocycles. The molecule has 8 nitrogen and oxygen atoms in total. The lowest BCUT2D eigenvalue weighted by atomic mass is 10.2. The van der Waals surface area contributed by atoms with E-state index in [2.05, 4.69) is 15.5 Å². The summed E-state index contributed by atoms with van der Waals surface area (Å²) in [5.41, 5.74) is 2.33. The number of hydrogen-bond acceptors (Lipinski definition) is 5. The Balaban J connectivity index is 1.53. The van der Waals surface area contributed by atoms with Gasteiger partial charge in [-0.05, 0) is 37.3 Å². The average molecular weight is 355 g/mol. The van der Waals surface area contributed by atoms with Gasteiger partial charge in [-0.15, -0.1) is 0 Å². The number of methoxy groups -OCH3 is 1. The molecule has 0 bridgehead atoms. The van der Waals surface area contributed by atoms with Crippen LogP contribution in [0.2, 0.25) is 0 Å². The van der Waals surface area contributed by atoms with Gasteiger partial charge < -0.3 is 14.8 Å². The minimum atomic E-state index is -0.239. The fourth-order valence-electron chi connectivity index (χ4n) is 2.35. The second-order valence-corrected chi connectivity index (χ2v) is 5.75. The highest BCUT2D eigenvalue weighted by Crippen LogP contribution is 2.17. The van der Waals surface area contributed by atoms with Gasteiger partial charge in [-0.3, -0.25) is 9.48 Å². The van der Waals surface area contributed by atoms with Crippen LogP contribution in [0.3, 0.4) is 0 Å². The number of nitrogens with one attached hydrogen (secondary N) is 1. The topological polar surface area (TPSA) is 83.2 Å². The zero-order chi connectivity index (χ0) is 18.5. The van der Waals surface area contributed by atoms with Crippen molar-refractivity contribution in [1.82, 2.24) is 24.9 Å². The van der Waals surface area contributed by atoms with Crippen LogP contribution in [0.15, 0.2) is 42.7 Å². The van der Waals surface area contributed by atoms with Crippen LogP contribution in [0.25, 0.3) is 0 Å². The Morgan fingerprint density at radius 1 is 1.19 bits per heavy atom. The van der Waals surface area contributed by atoms with Crippen LogP contribution in [0.1, 0.15) is 21.7 Å². The first kappa shape index (κ1) is 17.5. The molecule has 3 aromatic rings. The Kier molecular flexibility index (Phi) is 5.21. The summed E-state index contributed by atoms with van der Waals surface area (Å²) in [6.45, 7) is 2.58. The first-order valence-corrected chi connectivity index (χ1v) is 8.13. The van der Waals surface area contributed by atoms with Gasteiger partial charge in [0.25, 0.3) is 5.91 Å². The van der Waals surface area contributed by atoms with E-state index in [1.54, 1.807) is 34.9 Å². The molecule has 0 saturated carbocycles. The molecule has 3 rings (SSSR count). The molecule has 1 amide bonds. The zero-order valence-corrected chi connectivity index (χ0v) is 15.0. The first-order valence-electron chi connectivity index (χ1n) is 8.13. The maximum Gasteiger partial charge on any atom is 0.272 e. The standard InChI is InChI=1S/C18H21N5O3/c1-13-14(11-20-22(13)2)10-19-18(24)17-8-9-23(21-17)12-26-16-6-4-15(25-3)5-7-16/h4-9,11H,10,12H2,1-3H3,(H,19,24). The lowest BCUT2D eigenvalue weighted by molar-refractivity contribution is 0.0944. The molecule has 0 atom stereocenters. The van der Waals surface area contributed by atoms with Crippen molar-refractivity contribution >= 4 is 5.91 Å². The predicted octanol–water partition coefficient (Wildman–Crippen LogP) is 1.90. The van der Waals surface area contributed by atoms with E-state index in [9.17, 15) is 4.79 Å². The van der Waals surface area contributed by atoms with Gasteiger partial charge in [-0.2, -0.15) is 10.2 Å². The predicted molar refractivity (Wildman–Crippen MR) is 95.0 cm³/mol. The van der Waals surface area contributed by atoms with Gasteiger partial charge >= 0.3 is 0 Å². The first-order chi connectivity index (χ1) is 12.6. The fraction of sp³-hybridized carbons (Fsp3) is 0.278. The number of benzene rings is 1. The minimum absolute atomic E-state index is 0.210. The monoisotopic (exact) mass is 355 g/mol.